The molecule has 0 atom stereocenters. The summed E-state index contributed by atoms with van der Waals surface area (Å²) in [7, 11) is 3.89. The number of hydrogen-bond donors (Lipinski definition) is 0. The average molecular weight is 503 g/mol. The zero-order valence-electron chi connectivity index (χ0n) is 19.4. The van der Waals surface area contributed by atoms with Gasteiger partial charge in [0.05, 0.1) is 22.1 Å². The zero-order valence-corrected chi connectivity index (χ0v) is 20.3. The van der Waals surface area contributed by atoms with Gasteiger partial charge in [0.1, 0.15) is 35.1 Å². The van der Waals surface area contributed by atoms with Crippen molar-refractivity contribution in [1.29, 1.82) is 0 Å². The molecule has 0 N–H and O–H groups in total. The second kappa shape index (κ2) is 8.80. The van der Waals surface area contributed by atoms with Crippen LogP contribution in [-0.2, 0) is 6.42 Å². The van der Waals surface area contributed by atoms with Crippen LogP contribution < -0.4 is 9.64 Å². The number of ether oxygens (including phenoxy) is 1. The van der Waals surface area contributed by atoms with Gasteiger partial charge in [-0.2, -0.15) is 5.10 Å². The molecule has 4 aromatic heterocycles. The number of nitrogens with zero attached hydrogens (tertiary/aromatic N) is 6. The summed E-state index contributed by atoms with van der Waals surface area (Å²) in [5.41, 5.74) is 3.62. The van der Waals surface area contributed by atoms with Crippen LogP contribution in [0.25, 0.3) is 38.2 Å². The van der Waals surface area contributed by atoms with E-state index in [4.69, 9.17) is 9.72 Å². The van der Waals surface area contributed by atoms with E-state index in [9.17, 15) is 8.78 Å². The maximum atomic E-state index is 14.5. The van der Waals surface area contributed by atoms with Crippen LogP contribution in [0.1, 0.15) is 5.56 Å². The van der Waals surface area contributed by atoms with Crippen LogP contribution >= 0.6 is 11.3 Å². The minimum atomic E-state index is -0.709. The lowest BCUT2D eigenvalue weighted by Gasteiger charge is -2.12. The van der Waals surface area contributed by atoms with E-state index in [1.165, 1.54) is 34.5 Å². The molecule has 5 aromatic rings. The van der Waals surface area contributed by atoms with Gasteiger partial charge in [-0.15, -0.1) is 11.3 Å². The number of hydrogen-bond acceptors (Lipinski definition) is 7. The zero-order chi connectivity index (χ0) is 24.8. The van der Waals surface area contributed by atoms with Crippen molar-refractivity contribution in [3.63, 3.8) is 0 Å². The molecular weight excluding hydrogens is 482 g/mol. The van der Waals surface area contributed by atoms with Crippen molar-refractivity contribution >= 4 is 17.2 Å². The molecule has 180 valence electrons. The summed E-state index contributed by atoms with van der Waals surface area (Å²) in [6.45, 7) is 0.509. The van der Waals surface area contributed by atoms with E-state index in [1.54, 1.807) is 0 Å². The Morgan fingerprint density at radius 1 is 1.03 bits per heavy atom. The highest BCUT2D eigenvalue weighted by molar-refractivity contribution is 7.19. The summed E-state index contributed by atoms with van der Waals surface area (Å²) >= 11 is 1.49. The van der Waals surface area contributed by atoms with E-state index < -0.39 is 11.6 Å². The van der Waals surface area contributed by atoms with E-state index >= 15 is 0 Å². The van der Waals surface area contributed by atoms with Crippen LogP contribution in [0.3, 0.4) is 0 Å². The Bertz CT molecular complexity index is 1580. The second-order valence-corrected chi connectivity index (χ2v) is 9.55. The van der Waals surface area contributed by atoms with Gasteiger partial charge in [-0.1, -0.05) is 0 Å². The number of anilines is 1. The number of pyridine rings is 2. The molecular formula is C26H20F2N6OS. The third-order valence-corrected chi connectivity index (χ3v) is 7.10. The van der Waals surface area contributed by atoms with Crippen molar-refractivity contribution < 1.29 is 13.5 Å². The van der Waals surface area contributed by atoms with Crippen molar-refractivity contribution in [2.75, 3.05) is 25.6 Å². The molecule has 0 fully saturated rings. The van der Waals surface area contributed by atoms with Crippen LogP contribution in [0.4, 0.5) is 14.6 Å². The number of thiophene rings is 1. The van der Waals surface area contributed by atoms with Gasteiger partial charge in [0.25, 0.3) is 0 Å². The van der Waals surface area contributed by atoms with Crippen molar-refractivity contribution in [3.05, 3.63) is 78.3 Å². The molecule has 6 rings (SSSR count). The molecule has 1 aromatic carbocycles. The minimum absolute atomic E-state index is 0.130. The van der Waals surface area contributed by atoms with Crippen molar-refractivity contribution in [2.45, 2.75) is 6.42 Å². The lowest BCUT2D eigenvalue weighted by atomic mass is 10.1. The first-order valence-electron chi connectivity index (χ1n) is 11.2. The van der Waals surface area contributed by atoms with Gasteiger partial charge in [-0.05, 0) is 48.0 Å². The molecule has 10 heteroatoms. The molecule has 1 aliphatic rings. The number of fused-ring (bicyclic) bond motifs is 3. The Balaban J connectivity index is 1.43. The first-order chi connectivity index (χ1) is 17.5. The van der Waals surface area contributed by atoms with Gasteiger partial charge in [-0.3, -0.25) is 0 Å². The molecule has 0 aliphatic carbocycles. The van der Waals surface area contributed by atoms with Crippen molar-refractivity contribution in [1.82, 2.24) is 24.7 Å². The van der Waals surface area contributed by atoms with E-state index in [0.717, 1.165) is 44.2 Å². The van der Waals surface area contributed by atoms with Crippen molar-refractivity contribution in [3.8, 4) is 44.0 Å². The summed E-state index contributed by atoms with van der Waals surface area (Å²) in [6.07, 6.45) is 3.86. The summed E-state index contributed by atoms with van der Waals surface area (Å²) in [5.74, 6) is 0.684. The number of aromatic nitrogens is 5. The fraction of sp³-hybridized carbons (Fsp3) is 0.154. The molecule has 0 radical (unpaired) electrons. The third-order valence-electron chi connectivity index (χ3n) is 5.92. The normalized spacial score (nSPS) is 12.4. The fourth-order valence-electron chi connectivity index (χ4n) is 4.12. The van der Waals surface area contributed by atoms with Crippen molar-refractivity contribution in [2.24, 2.45) is 0 Å². The third kappa shape index (κ3) is 3.89. The monoisotopic (exact) mass is 502 g/mol. The van der Waals surface area contributed by atoms with E-state index in [0.29, 0.717) is 24.6 Å². The van der Waals surface area contributed by atoms with Gasteiger partial charge < -0.3 is 9.64 Å². The summed E-state index contributed by atoms with van der Waals surface area (Å²) in [5, 5.41) is 4.19. The first kappa shape index (κ1) is 22.3. The Morgan fingerprint density at radius 2 is 1.92 bits per heavy atom. The average Bonchev–Trinajstić information content (AvgIpc) is 3.48. The van der Waals surface area contributed by atoms with Crippen LogP contribution in [0.15, 0.2) is 61.1 Å². The number of benzene rings is 1. The lowest BCUT2D eigenvalue weighted by molar-refractivity contribution is 0.325. The maximum absolute atomic E-state index is 14.5. The predicted octanol–water partition coefficient (Wildman–Crippen LogP) is 5.40. The molecule has 0 unspecified atom stereocenters. The smallest absolute Gasteiger partial charge is 0.173 e. The van der Waals surface area contributed by atoms with Gasteiger partial charge in [0.15, 0.2) is 11.6 Å². The molecule has 1 aliphatic heterocycles. The minimum Gasteiger partial charge on any atom is -0.491 e. The second-order valence-electron chi connectivity index (χ2n) is 8.50. The molecule has 36 heavy (non-hydrogen) atoms. The highest BCUT2D eigenvalue weighted by Gasteiger charge is 2.24. The van der Waals surface area contributed by atoms with E-state index in [2.05, 4.69) is 15.1 Å². The Labute approximate surface area is 209 Å². The van der Waals surface area contributed by atoms with Crippen LogP contribution in [0.2, 0.25) is 0 Å². The number of rotatable bonds is 4. The largest absolute Gasteiger partial charge is 0.491 e. The highest BCUT2D eigenvalue weighted by Crippen LogP contribution is 2.43. The molecule has 0 saturated carbocycles. The van der Waals surface area contributed by atoms with Gasteiger partial charge in [0.2, 0.25) is 0 Å². The quantitative estimate of drug-likeness (QED) is 0.328. The topological polar surface area (TPSA) is 69.0 Å². The molecule has 7 nitrogen and oxygen atoms in total. The summed E-state index contributed by atoms with van der Waals surface area (Å²) < 4.78 is 35.3. The molecule has 0 amide bonds. The van der Waals surface area contributed by atoms with E-state index in [-0.39, 0.29) is 5.69 Å². The molecule has 5 heterocycles. The predicted molar refractivity (Wildman–Crippen MR) is 135 cm³/mol. The Morgan fingerprint density at radius 3 is 2.69 bits per heavy atom. The molecule has 0 bridgehead atoms. The Hall–Kier alpha value is -4.18. The molecule has 0 saturated heterocycles. The Kier molecular flexibility index (Phi) is 5.45. The van der Waals surface area contributed by atoms with Crippen LogP contribution in [-0.4, -0.2) is 45.4 Å². The standard InChI is InChI=1S/C26H20F2N6OS/c1-33(2)23-8-3-16(13-29-23)19-5-7-21-24(32-19)25-15(9-10-35-21)11-22(36-25)26-30-14-31-34(26)20-6-4-17(27)12-18(20)28/h3-8,11-14H,9-10H2,1-2H3. The van der Waals surface area contributed by atoms with Crippen LogP contribution in [0.5, 0.6) is 5.75 Å². The van der Waals surface area contributed by atoms with Gasteiger partial charge in [-0.25, -0.2) is 28.4 Å². The first-order valence-corrected chi connectivity index (χ1v) is 12.1. The lowest BCUT2D eigenvalue weighted by Crippen LogP contribution is -2.10. The summed E-state index contributed by atoms with van der Waals surface area (Å²) in [4.78, 5) is 17.5. The SMILES string of the molecule is CN(C)c1ccc(-c2ccc3c(n2)-c2sc(-c4ncnn4-c4ccc(F)cc4F)cc2CCO3)cn1. The maximum Gasteiger partial charge on any atom is 0.173 e. The summed E-state index contributed by atoms with van der Waals surface area (Å²) in [6, 6.07) is 13.2. The highest BCUT2D eigenvalue weighted by atomic mass is 32.1. The fourth-order valence-corrected chi connectivity index (χ4v) is 5.31. The van der Waals surface area contributed by atoms with E-state index in [1.807, 2.05) is 55.5 Å². The van der Waals surface area contributed by atoms with Crippen LogP contribution in [0, 0.1) is 11.6 Å². The number of halogens is 2. The van der Waals surface area contributed by atoms with Gasteiger partial charge in [0, 0.05) is 38.3 Å². The molecule has 0 spiro atoms. The van der Waals surface area contributed by atoms with Gasteiger partial charge >= 0.3 is 0 Å².